The number of halogens is 1. The molecule has 25 heavy (non-hydrogen) atoms. The summed E-state index contributed by atoms with van der Waals surface area (Å²) in [5.74, 6) is 0.921. The Bertz CT molecular complexity index is 653. The Hall–Kier alpha value is -2.21. The summed E-state index contributed by atoms with van der Waals surface area (Å²) in [6.45, 7) is 0.935. The first-order chi connectivity index (χ1) is 12.2. The van der Waals surface area contributed by atoms with Crippen molar-refractivity contribution in [1.82, 2.24) is 10.3 Å². The molecule has 1 aromatic carbocycles. The molecule has 1 saturated carbocycles. The Labute approximate surface area is 151 Å². The Kier molecular flexibility index (Phi) is 6.17. The number of rotatable bonds is 7. The average molecular weight is 364 g/mol. The second-order valence-electron chi connectivity index (χ2n) is 6.12. The van der Waals surface area contributed by atoms with Crippen molar-refractivity contribution in [1.29, 1.82) is 0 Å². The molecule has 0 aliphatic heterocycles. The maximum atomic E-state index is 12.2. The number of nitrogens with zero attached hydrogens (tertiary/aromatic N) is 1. The normalized spacial score (nSPS) is 20.0. The van der Waals surface area contributed by atoms with Crippen LogP contribution in [0.4, 0.5) is 6.01 Å². The molecule has 1 aliphatic rings. The quantitative estimate of drug-likeness (QED) is 0.736. The van der Waals surface area contributed by atoms with Crippen molar-refractivity contribution in [3.8, 4) is 5.75 Å². The lowest BCUT2D eigenvalue weighted by atomic mass is 9.85. The molecule has 1 amide bonds. The minimum absolute atomic E-state index is 0.0677. The highest BCUT2D eigenvalue weighted by Crippen LogP contribution is 2.26. The summed E-state index contributed by atoms with van der Waals surface area (Å²) in [7, 11) is 0. The number of anilines is 1. The van der Waals surface area contributed by atoms with Crippen molar-refractivity contribution in [3.05, 3.63) is 41.7 Å². The van der Waals surface area contributed by atoms with E-state index in [1.807, 2.05) is 12.1 Å². The fourth-order valence-corrected chi connectivity index (χ4v) is 3.11. The van der Waals surface area contributed by atoms with Gasteiger partial charge in [-0.15, -0.1) is 0 Å². The molecule has 0 bridgehead atoms. The summed E-state index contributed by atoms with van der Waals surface area (Å²) in [6, 6.07) is 8.04. The number of benzene rings is 1. The molecule has 0 saturated heterocycles. The summed E-state index contributed by atoms with van der Waals surface area (Å²) < 4.78 is 10.8. The van der Waals surface area contributed by atoms with Gasteiger partial charge in [-0.25, -0.2) is 4.98 Å². The van der Waals surface area contributed by atoms with Gasteiger partial charge in [0.15, 0.2) is 0 Å². The highest BCUT2D eigenvalue weighted by atomic mass is 35.5. The van der Waals surface area contributed by atoms with E-state index in [-0.39, 0.29) is 11.8 Å². The van der Waals surface area contributed by atoms with Crippen LogP contribution in [0.15, 0.2) is 41.1 Å². The molecule has 7 heteroatoms. The molecule has 0 atom stereocenters. The first-order valence-electron chi connectivity index (χ1n) is 8.53. The largest absolute Gasteiger partial charge is 0.492 e. The average Bonchev–Trinajstić information content (AvgIpc) is 3.14. The molecular formula is C18H22ClN3O3. The van der Waals surface area contributed by atoms with Gasteiger partial charge in [-0.3, -0.25) is 4.79 Å². The molecule has 2 N–H and O–H groups in total. The van der Waals surface area contributed by atoms with Crippen molar-refractivity contribution in [2.75, 3.05) is 18.5 Å². The number of hydrogen-bond donors (Lipinski definition) is 2. The second-order valence-corrected chi connectivity index (χ2v) is 6.56. The number of oxazole rings is 1. The molecule has 0 unspecified atom stereocenters. The van der Waals surface area contributed by atoms with Gasteiger partial charge < -0.3 is 19.8 Å². The van der Waals surface area contributed by atoms with Crippen LogP contribution in [0.25, 0.3) is 0 Å². The third-order valence-corrected chi connectivity index (χ3v) is 4.59. The zero-order chi connectivity index (χ0) is 17.5. The van der Waals surface area contributed by atoms with Crippen LogP contribution in [-0.2, 0) is 4.79 Å². The first kappa shape index (κ1) is 17.6. The van der Waals surface area contributed by atoms with Crippen LogP contribution >= 0.6 is 11.6 Å². The zero-order valence-electron chi connectivity index (χ0n) is 13.9. The lowest BCUT2D eigenvalue weighted by molar-refractivity contribution is -0.126. The van der Waals surface area contributed by atoms with E-state index in [1.54, 1.807) is 24.6 Å². The van der Waals surface area contributed by atoms with Gasteiger partial charge in [0, 0.05) is 17.0 Å². The predicted molar refractivity (Wildman–Crippen MR) is 95.8 cm³/mol. The number of amides is 1. The van der Waals surface area contributed by atoms with Crippen LogP contribution in [0.3, 0.4) is 0 Å². The molecule has 3 rings (SSSR count). The molecule has 134 valence electrons. The van der Waals surface area contributed by atoms with E-state index in [0.29, 0.717) is 30.2 Å². The van der Waals surface area contributed by atoms with Crippen LogP contribution in [0.5, 0.6) is 5.75 Å². The second kappa shape index (κ2) is 8.76. The van der Waals surface area contributed by atoms with Crippen molar-refractivity contribution in [3.63, 3.8) is 0 Å². The van der Waals surface area contributed by atoms with Crippen LogP contribution in [0.2, 0.25) is 5.02 Å². The fourth-order valence-electron chi connectivity index (χ4n) is 2.99. The molecule has 0 spiro atoms. The number of carbonyl (C=O) groups excluding carboxylic acids is 1. The van der Waals surface area contributed by atoms with Crippen LogP contribution in [0, 0.1) is 5.92 Å². The monoisotopic (exact) mass is 363 g/mol. The molecule has 2 aromatic rings. The molecule has 1 fully saturated rings. The number of carbonyl (C=O) groups is 1. The third kappa shape index (κ3) is 5.39. The molecule has 1 heterocycles. The van der Waals surface area contributed by atoms with Gasteiger partial charge in [-0.1, -0.05) is 11.6 Å². The fraction of sp³-hybridized carbons (Fsp3) is 0.444. The van der Waals surface area contributed by atoms with Crippen molar-refractivity contribution in [2.24, 2.45) is 5.92 Å². The number of aromatic nitrogens is 1. The molecule has 0 radical (unpaired) electrons. The SMILES string of the molecule is O=C(NCCOc1ccc(Cl)cc1)C1CCC(Nc2ncco2)CC1. The zero-order valence-corrected chi connectivity index (χ0v) is 14.7. The van der Waals surface area contributed by atoms with Gasteiger partial charge in [0.2, 0.25) is 5.91 Å². The topological polar surface area (TPSA) is 76.4 Å². The van der Waals surface area contributed by atoms with Gasteiger partial charge in [-0.05, 0) is 49.9 Å². The van der Waals surface area contributed by atoms with E-state index in [2.05, 4.69) is 15.6 Å². The first-order valence-corrected chi connectivity index (χ1v) is 8.90. The van der Waals surface area contributed by atoms with Gasteiger partial charge in [-0.2, -0.15) is 0 Å². The van der Waals surface area contributed by atoms with Crippen LogP contribution < -0.4 is 15.4 Å². The lowest BCUT2D eigenvalue weighted by Gasteiger charge is -2.27. The number of nitrogens with one attached hydrogen (secondary N) is 2. The molecule has 1 aromatic heterocycles. The summed E-state index contributed by atoms with van der Waals surface area (Å²) in [6.07, 6.45) is 6.76. The summed E-state index contributed by atoms with van der Waals surface area (Å²) in [5, 5.41) is 6.88. The summed E-state index contributed by atoms with van der Waals surface area (Å²) in [5.41, 5.74) is 0. The maximum Gasteiger partial charge on any atom is 0.294 e. The van der Waals surface area contributed by atoms with E-state index in [0.717, 1.165) is 31.4 Å². The van der Waals surface area contributed by atoms with Gasteiger partial charge in [0.25, 0.3) is 6.01 Å². The molecule has 6 nitrogen and oxygen atoms in total. The minimum atomic E-state index is 0.0677. The van der Waals surface area contributed by atoms with Crippen molar-refractivity contribution < 1.29 is 13.9 Å². The summed E-state index contributed by atoms with van der Waals surface area (Å²) >= 11 is 5.82. The van der Waals surface area contributed by atoms with Gasteiger partial charge >= 0.3 is 0 Å². The Balaban J connectivity index is 1.32. The predicted octanol–water partition coefficient (Wildman–Crippen LogP) is 3.49. The van der Waals surface area contributed by atoms with E-state index < -0.39 is 0 Å². The van der Waals surface area contributed by atoms with Crippen LogP contribution in [-0.4, -0.2) is 30.1 Å². The highest BCUT2D eigenvalue weighted by Gasteiger charge is 2.26. The number of ether oxygens (including phenoxy) is 1. The van der Waals surface area contributed by atoms with E-state index in [4.69, 9.17) is 20.8 Å². The van der Waals surface area contributed by atoms with Crippen molar-refractivity contribution >= 4 is 23.5 Å². The Morgan fingerprint density at radius 2 is 2.00 bits per heavy atom. The molecule has 1 aliphatic carbocycles. The van der Waals surface area contributed by atoms with E-state index >= 15 is 0 Å². The van der Waals surface area contributed by atoms with Gasteiger partial charge in [0.1, 0.15) is 18.6 Å². The van der Waals surface area contributed by atoms with Gasteiger partial charge in [0.05, 0.1) is 12.7 Å². The van der Waals surface area contributed by atoms with Crippen molar-refractivity contribution in [2.45, 2.75) is 31.7 Å². The van der Waals surface area contributed by atoms with Crippen LogP contribution in [0.1, 0.15) is 25.7 Å². The summed E-state index contributed by atoms with van der Waals surface area (Å²) in [4.78, 5) is 16.3. The maximum absolute atomic E-state index is 12.2. The smallest absolute Gasteiger partial charge is 0.294 e. The molecular weight excluding hydrogens is 342 g/mol. The Morgan fingerprint density at radius 1 is 1.24 bits per heavy atom. The number of hydrogen-bond acceptors (Lipinski definition) is 5. The van der Waals surface area contributed by atoms with E-state index in [9.17, 15) is 4.79 Å². The Morgan fingerprint density at radius 3 is 2.68 bits per heavy atom. The minimum Gasteiger partial charge on any atom is -0.492 e. The third-order valence-electron chi connectivity index (χ3n) is 4.34. The standard InChI is InChI=1S/C18H22ClN3O3/c19-14-3-7-16(8-4-14)24-11-9-20-17(23)13-1-5-15(6-2-13)22-18-21-10-12-25-18/h3-4,7-8,10,12-13,15H,1-2,5-6,9,11H2,(H,20,23)(H,21,22). The lowest BCUT2D eigenvalue weighted by Crippen LogP contribution is -2.37. The van der Waals surface area contributed by atoms with E-state index in [1.165, 1.54) is 0 Å². The highest BCUT2D eigenvalue weighted by molar-refractivity contribution is 6.30.